The highest BCUT2D eigenvalue weighted by atomic mass is 35.5. The van der Waals surface area contributed by atoms with Crippen LogP contribution in [-0.2, 0) is 4.79 Å². The first-order chi connectivity index (χ1) is 18.0. The molecule has 1 fully saturated rings. The maximum atomic E-state index is 12.9. The average Bonchev–Trinajstić information content (AvgIpc) is 3.34. The number of carbonyl (C=O) groups is 2. The number of nitrogens with one attached hydrogen (secondary N) is 1. The quantitative estimate of drug-likeness (QED) is 0.325. The summed E-state index contributed by atoms with van der Waals surface area (Å²) in [5, 5.41) is 3.91. The zero-order chi connectivity index (χ0) is 25.8. The Hall–Kier alpha value is -3.69. The van der Waals surface area contributed by atoms with E-state index in [2.05, 4.69) is 15.2 Å². The van der Waals surface area contributed by atoms with Gasteiger partial charge in [-0.3, -0.25) is 9.59 Å². The summed E-state index contributed by atoms with van der Waals surface area (Å²) >= 11 is 7.21. The minimum absolute atomic E-state index is 0.0188. The van der Waals surface area contributed by atoms with Crippen LogP contribution in [0.5, 0.6) is 5.75 Å². The Balaban J connectivity index is 1.11. The number of halogens is 1. The highest BCUT2D eigenvalue weighted by Crippen LogP contribution is 2.26. The second-order valence-electron chi connectivity index (χ2n) is 8.46. The van der Waals surface area contributed by atoms with Crippen molar-refractivity contribution < 1.29 is 18.7 Å². The standard InChI is InChI=1S/C27H25ClN4O4S/c1-35-23-5-3-2-4-21(23)26(34)32-14-12-31(13-15-32)20-9-7-19(8-10-20)29-25(33)17-37-27-30-22-16-18(28)6-11-24(22)36-27/h2-11,16H,12-15,17H2,1H3,(H,29,33). The summed E-state index contributed by atoms with van der Waals surface area (Å²) in [5.41, 5.74) is 3.63. The maximum absolute atomic E-state index is 12.9. The number of rotatable bonds is 7. The number of para-hydroxylation sites is 1. The molecule has 1 aliphatic rings. The highest BCUT2D eigenvalue weighted by Gasteiger charge is 2.24. The number of hydrogen-bond donors (Lipinski definition) is 1. The Bertz CT molecular complexity index is 1420. The minimum Gasteiger partial charge on any atom is -0.496 e. The molecule has 1 aromatic heterocycles. The number of fused-ring (bicyclic) bond motifs is 1. The summed E-state index contributed by atoms with van der Waals surface area (Å²) in [5.74, 6) is 0.589. The van der Waals surface area contributed by atoms with E-state index in [-0.39, 0.29) is 17.6 Å². The summed E-state index contributed by atoms with van der Waals surface area (Å²) in [4.78, 5) is 33.8. The van der Waals surface area contributed by atoms with Gasteiger partial charge in [0.2, 0.25) is 5.91 Å². The number of aromatic nitrogens is 1. The topological polar surface area (TPSA) is 87.9 Å². The van der Waals surface area contributed by atoms with Crippen LogP contribution < -0.4 is 15.0 Å². The third kappa shape index (κ3) is 5.84. The van der Waals surface area contributed by atoms with Gasteiger partial charge in [-0.15, -0.1) is 0 Å². The number of amides is 2. The fourth-order valence-corrected chi connectivity index (χ4v) is 4.99. The van der Waals surface area contributed by atoms with Gasteiger partial charge >= 0.3 is 0 Å². The molecule has 5 rings (SSSR count). The molecule has 0 spiro atoms. The van der Waals surface area contributed by atoms with Crippen molar-refractivity contribution in [3.05, 3.63) is 77.3 Å². The van der Waals surface area contributed by atoms with Crippen LogP contribution in [0.2, 0.25) is 5.02 Å². The zero-order valence-corrected chi connectivity index (χ0v) is 21.7. The molecule has 2 heterocycles. The molecule has 4 aromatic rings. The number of piperazine rings is 1. The fraction of sp³-hybridized carbons (Fsp3) is 0.222. The van der Waals surface area contributed by atoms with Crippen LogP contribution in [0.15, 0.2) is 76.4 Å². The molecule has 3 aromatic carbocycles. The monoisotopic (exact) mass is 536 g/mol. The Kier molecular flexibility index (Phi) is 7.52. The van der Waals surface area contributed by atoms with Gasteiger partial charge in [0.15, 0.2) is 5.58 Å². The molecule has 1 saturated heterocycles. The number of carbonyl (C=O) groups excluding carboxylic acids is 2. The van der Waals surface area contributed by atoms with Gasteiger partial charge in [0.05, 0.1) is 18.4 Å². The van der Waals surface area contributed by atoms with E-state index in [9.17, 15) is 9.59 Å². The lowest BCUT2D eigenvalue weighted by Crippen LogP contribution is -2.48. The van der Waals surface area contributed by atoms with Crippen LogP contribution in [-0.4, -0.2) is 60.7 Å². The number of anilines is 2. The molecule has 1 aliphatic heterocycles. The van der Waals surface area contributed by atoms with Crippen LogP contribution in [0, 0.1) is 0 Å². The number of thioether (sulfide) groups is 1. The molecule has 8 nitrogen and oxygen atoms in total. The summed E-state index contributed by atoms with van der Waals surface area (Å²) < 4.78 is 11.0. The summed E-state index contributed by atoms with van der Waals surface area (Å²) in [7, 11) is 1.57. The lowest BCUT2D eigenvalue weighted by molar-refractivity contribution is -0.113. The minimum atomic E-state index is -0.151. The molecule has 0 aliphatic carbocycles. The lowest BCUT2D eigenvalue weighted by Gasteiger charge is -2.36. The molecule has 0 atom stereocenters. The van der Waals surface area contributed by atoms with Crippen molar-refractivity contribution >= 4 is 57.7 Å². The average molecular weight is 537 g/mol. The molecule has 10 heteroatoms. The molecule has 37 heavy (non-hydrogen) atoms. The van der Waals surface area contributed by atoms with Crippen molar-refractivity contribution in [1.82, 2.24) is 9.88 Å². The fourth-order valence-electron chi connectivity index (χ4n) is 4.18. The van der Waals surface area contributed by atoms with Gasteiger partial charge in [0.25, 0.3) is 11.1 Å². The molecule has 0 radical (unpaired) electrons. The van der Waals surface area contributed by atoms with Crippen LogP contribution in [0.25, 0.3) is 11.1 Å². The van der Waals surface area contributed by atoms with Gasteiger partial charge in [0, 0.05) is 42.6 Å². The van der Waals surface area contributed by atoms with Crippen molar-refractivity contribution in [2.45, 2.75) is 5.22 Å². The summed E-state index contributed by atoms with van der Waals surface area (Å²) in [6, 6.07) is 20.2. The third-order valence-electron chi connectivity index (χ3n) is 6.08. The number of nitrogens with zero attached hydrogens (tertiary/aromatic N) is 3. The third-order valence-corrected chi connectivity index (χ3v) is 7.14. The molecular weight excluding hydrogens is 512 g/mol. The van der Waals surface area contributed by atoms with Crippen LogP contribution in [0.1, 0.15) is 10.4 Å². The first kappa shape index (κ1) is 25.0. The number of oxazole rings is 1. The van der Waals surface area contributed by atoms with Crippen LogP contribution >= 0.6 is 23.4 Å². The van der Waals surface area contributed by atoms with E-state index in [4.69, 9.17) is 20.8 Å². The summed E-state index contributed by atoms with van der Waals surface area (Å²) in [6.45, 7) is 2.68. The van der Waals surface area contributed by atoms with Crippen molar-refractivity contribution in [3.63, 3.8) is 0 Å². The second-order valence-corrected chi connectivity index (χ2v) is 9.82. The van der Waals surface area contributed by atoms with Gasteiger partial charge in [0.1, 0.15) is 11.3 Å². The largest absolute Gasteiger partial charge is 0.496 e. The van der Waals surface area contributed by atoms with Crippen molar-refractivity contribution in [1.29, 1.82) is 0 Å². The maximum Gasteiger partial charge on any atom is 0.257 e. The van der Waals surface area contributed by atoms with E-state index in [0.717, 1.165) is 18.8 Å². The number of methoxy groups -OCH3 is 1. The summed E-state index contributed by atoms with van der Waals surface area (Å²) in [6.07, 6.45) is 0. The molecule has 1 N–H and O–H groups in total. The zero-order valence-electron chi connectivity index (χ0n) is 20.1. The molecule has 0 saturated carbocycles. The molecule has 0 unspecified atom stereocenters. The van der Waals surface area contributed by atoms with E-state index in [1.165, 1.54) is 11.8 Å². The first-order valence-corrected chi connectivity index (χ1v) is 13.1. The van der Waals surface area contributed by atoms with E-state index in [0.29, 0.717) is 51.4 Å². The lowest BCUT2D eigenvalue weighted by atomic mass is 10.1. The van der Waals surface area contributed by atoms with E-state index in [1.807, 2.05) is 41.3 Å². The van der Waals surface area contributed by atoms with Crippen LogP contribution in [0.3, 0.4) is 0 Å². The predicted octanol–water partition coefficient (Wildman–Crippen LogP) is 5.18. The molecule has 2 amide bonds. The Morgan fingerprint density at radius 3 is 2.57 bits per heavy atom. The smallest absolute Gasteiger partial charge is 0.257 e. The van der Waals surface area contributed by atoms with Gasteiger partial charge in [-0.1, -0.05) is 35.5 Å². The van der Waals surface area contributed by atoms with Gasteiger partial charge in [-0.2, -0.15) is 0 Å². The van der Waals surface area contributed by atoms with Crippen LogP contribution in [0.4, 0.5) is 11.4 Å². The normalized spacial score (nSPS) is 13.6. The second kappa shape index (κ2) is 11.1. The van der Waals surface area contributed by atoms with Gasteiger partial charge in [-0.05, 0) is 54.6 Å². The van der Waals surface area contributed by atoms with Crippen molar-refractivity contribution in [3.8, 4) is 5.75 Å². The SMILES string of the molecule is COc1ccccc1C(=O)N1CCN(c2ccc(NC(=O)CSc3nc4cc(Cl)ccc4o3)cc2)CC1. The molecule has 0 bridgehead atoms. The van der Waals surface area contributed by atoms with E-state index < -0.39 is 0 Å². The van der Waals surface area contributed by atoms with Gasteiger partial charge < -0.3 is 24.3 Å². The highest BCUT2D eigenvalue weighted by molar-refractivity contribution is 7.99. The number of benzene rings is 3. The van der Waals surface area contributed by atoms with Gasteiger partial charge in [-0.25, -0.2) is 4.98 Å². The first-order valence-electron chi connectivity index (χ1n) is 11.8. The van der Waals surface area contributed by atoms with Crippen molar-refractivity contribution in [2.24, 2.45) is 0 Å². The molecular formula is C27H25ClN4O4S. The number of ether oxygens (including phenoxy) is 1. The predicted molar refractivity (Wildman–Crippen MR) is 146 cm³/mol. The Labute approximate surface area is 223 Å². The Morgan fingerprint density at radius 1 is 1.05 bits per heavy atom. The Morgan fingerprint density at radius 2 is 1.81 bits per heavy atom. The van der Waals surface area contributed by atoms with Crippen molar-refractivity contribution in [2.75, 3.05) is 49.3 Å². The number of hydrogen-bond acceptors (Lipinski definition) is 7. The molecule has 190 valence electrons. The van der Waals surface area contributed by atoms with E-state index in [1.54, 1.807) is 37.4 Å². The van der Waals surface area contributed by atoms with E-state index >= 15 is 0 Å².